The SMILES string of the molecule is CCOCCCNC(=O)c1sc2nc(-c3ccc(F)cc3)cn2c1C. The van der Waals surface area contributed by atoms with Crippen LogP contribution in [0.25, 0.3) is 16.2 Å². The van der Waals surface area contributed by atoms with E-state index in [9.17, 15) is 9.18 Å². The number of ether oxygens (including phenoxy) is 1. The summed E-state index contributed by atoms with van der Waals surface area (Å²) in [6, 6.07) is 6.22. The molecule has 0 fully saturated rings. The number of thiazole rings is 1. The van der Waals surface area contributed by atoms with Crippen LogP contribution in [0.5, 0.6) is 0 Å². The third-order valence-corrected chi connectivity index (χ3v) is 5.01. The summed E-state index contributed by atoms with van der Waals surface area (Å²) >= 11 is 1.35. The zero-order chi connectivity index (χ0) is 17.8. The average Bonchev–Trinajstić information content (AvgIpc) is 3.15. The number of aryl methyl sites for hydroxylation is 1. The van der Waals surface area contributed by atoms with Crippen molar-refractivity contribution in [3.63, 3.8) is 0 Å². The van der Waals surface area contributed by atoms with Crippen molar-refractivity contribution < 1.29 is 13.9 Å². The summed E-state index contributed by atoms with van der Waals surface area (Å²) in [5.41, 5.74) is 2.46. The lowest BCUT2D eigenvalue weighted by atomic mass is 10.2. The standard InChI is InChI=1S/C18H20FN3O2S/c1-3-24-10-4-9-20-17(23)16-12(2)22-11-15(21-18(22)25-16)13-5-7-14(19)8-6-13/h5-8,11H,3-4,9-10H2,1-2H3,(H,20,23). The number of carbonyl (C=O) groups excluding carboxylic acids is 1. The maximum Gasteiger partial charge on any atom is 0.263 e. The minimum Gasteiger partial charge on any atom is -0.382 e. The number of fused-ring (bicyclic) bond motifs is 1. The molecule has 0 unspecified atom stereocenters. The maximum absolute atomic E-state index is 13.0. The summed E-state index contributed by atoms with van der Waals surface area (Å²) in [5, 5.41) is 2.91. The van der Waals surface area contributed by atoms with E-state index >= 15 is 0 Å². The lowest BCUT2D eigenvalue weighted by molar-refractivity contribution is 0.0947. The fraction of sp³-hybridized carbons (Fsp3) is 0.333. The number of aromatic nitrogens is 2. The predicted molar refractivity (Wildman–Crippen MR) is 96.6 cm³/mol. The van der Waals surface area contributed by atoms with Gasteiger partial charge in [-0.3, -0.25) is 9.20 Å². The summed E-state index contributed by atoms with van der Waals surface area (Å²) < 4.78 is 20.2. The van der Waals surface area contributed by atoms with E-state index in [1.54, 1.807) is 12.1 Å². The molecule has 132 valence electrons. The second-order valence-corrected chi connectivity index (χ2v) is 6.59. The van der Waals surface area contributed by atoms with Crippen molar-refractivity contribution in [1.82, 2.24) is 14.7 Å². The Labute approximate surface area is 149 Å². The van der Waals surface area contributed by atoms with Crippen molar-refractivity contribution >= 4 is 22.2 Å². The number of hydrogen-bond donors (Lipinski definition) is 1. The van der Waals surface area contributed by atoms with Gasteiger partial charge in [-0.15, -0.1) is 0 Å². The Bertz CT molecular complexity index is 870. The Balaban J connectivity index is 1.73. The van der Waals surface area contributed by atoms with Crippen LogP contribution in [0.2, 0.25) is 0 Å². The minimum absolute atomic E-state index is 0.0900. The van der Waals surface area contributed by atoms with Gasteiger partial charge in [0.2, 0.25) is 0 Å². The van der Waals surface area contributed by atoms with Crippen LogP contribution < -0.4 is 5.32 Å². The Morgan fingerprint density at radius 2 is 2.12 bits per heavy atom. The highest BCUT2D eigenvalue weighted by Gasteiger charge is 2.17. The van der Waals surface area contributed by atoms with Crippen LogP contribution in [-0.2, 0) is 4.74 Å². The second-order valence-electron chi connectivity index (χ2n) is 5.61. The van der Waals surface area contributed by atoms with E-state index in [2.05, 4.69) is 10.3 Å². The lowest BCUT2D eigenvalue weighted by Crippen LogP contribution is -2.25. The number of rotatable bonds is 7. The van der Waals surface area contributed by atoms with Crippen molar-refractivity contribution in [2.45, 2.75) is 20.3 Å². The van der Waals surface area contributed by atoms with Crippen molar-refractivity contribution in [3.05, 3.63) is 46.9 Å². The highest BCUT2D eigenvalue weighted by Crippen LogP contribution is 2.27. The molecule has 0 aliphatic rings. The van der Waals surface area contributed by atoms with Crippen LogP contribution >= 0.6 is 11.3 Å². The van der Waals surface area contributed by atoms with Gasteiger partial charge in [-0.1, -0.05) is 11.3 Å². The average molecular weight is 361 g/mol. The predicted octanol–water partition coefficient (Wildman–Crippen LogP) is 3.67. The third-order valence-electron chi connectivity index (χ3n) is 3.86. The molecule has 2 heterocycles. The fourth-order valence-electron chi connectivity index (χ4n) is 2.52. The van der Waals surface area contributed by atoms with E-state index in [-0.39, 0.29) is 11.7 Å². The van der Waals surface area contributed by atoms with Crippen LogP contribution in [0.15, 0.2) is 30.5 Å². The van der Waals surface area contributed by atoms with E-state index in [4.69, 9.17) is 4.74 Å². The third kappa shape index (κ3) is 3.88. The topological polar surface area (TPSA) is 55.6 Å². The molecular weight excluding hydrogens is 341 g/mol. The van der Waals surface area contributed by atoms with Gasteiger partial charge in [0.15, 0.2) is 4.96 Å². The van der Waals surface area contributed by atoms with Gasteiger partial charge >= 0.3 is 0 Å². The van der Waals surface area contributed by atoms with Crippen molar-refractivity contribution in [2.24, 2.45) is 0 Å². The molecule has 0 radical (unpaired) electrons. The van der Waals surface area contributed by atoms with Gasteiger partial charge < -0.3 is 10.1 Å². The summed E-state index contributed by atoms with van der Waals surface area (Å²) in [5.74, 6) is -0.364. The monoisotopic (exact) mass is 361 g/mol. The van der Waals surface area contributed by atoms with Crippen LogP contribution in [-0.4, -0.2) is 35.1 Å². The summed E-state index contributed by atoms with van der Waals surface area (Å²) in [6.45, 7) is 5.76. The molecule has 7 heteroatoms. The number of halogens is 1. The van der Waals surface area contributed by atoms with E-state index in [1.807, 2.05) is 24.4 Å². The fourth-order valence-corrected chi connectivity index (χ4v) is 3.55. The lowest BCUT2D eigenvalue weighted by Gasteiger charge is -2.04. The van der Waals surface area contributed by atoms with E-state index in [0.717, 1.165) is 28.3 Å². The molecule has 0 saturated carbocycles. The van der Waals surface area contributed by atoms with Gasteiger partial charge in [0.25, 0.3) is 5.91 Å². The first kappa shape index (κ1) is 17.6. The Morgan fingerprint density at radius 1 is 1.36 bits per heavy atom. The molecule has 0 atom stereocenters. The molecule has 3 rings (SSSR count). The summed E-state index contributed by atoms with van der Waals surface area (Å²) in [7, 11) is 0. The van der Waals surface area contributed by atoms with Gasteiger partial charge in [0.05, 0.1) is 5.69 Å². The summed E-state index contributed by atoms with van der Waals surface area (Å²) in [4.78, 5) is 18.3. The highest BCUT2D eigenvalue weighted by atomic mass is 32.1. The Kier molecular flexibility index (Phi) is 5.45. The van der Waals surface area contributed by atoms with Crippen molar-refractivity contribution in [2.75, 3.05) is 19.8 Å². The number of carbonyl (C=O) groups is 1. The highest BCUT2D eigenvalue weighted by molar-refractivity contribution is 7.19. The molecule has 0 spiro atoms. The normalized spacial score (nSPS) is 11.2. The van der Waals surface area contributed by atoms with E-state index in [1.165, 1.54) is 23.5 Å². The summed E-state index contributed by atoms with van der Waals surface area (Å²) in [6.07, 6.45) is 2.66. The zero-order valence-corrected chi connectivity index (χ0v) is 15.0. The minimum atomic E-state index is -0.274. The van der Waals surface area contributed by atoms with E-state index < -0.39 is 0 Å². The smallest absolute Gasteiger partial charge is 0.263 e. The first-order valence-electron chi connectivity index (χ1n) is 8.20. The van der Waals surface area contributed by atoms with Gasteiger partial charge in [-0.05, 0) is 44.5 Å². The number of imidazole rings is 1. The van der Waals surface area contributed by atoms with E-state index in [0.29, 0.717) is 24.6 Å². The largest absolute Gasteiger partial charge is 0.382 e. The van der Waals surface area contributed by atoms with Crippen molar-refractivity contribution in [3.8, 4) is 11.3 Å². The Hall–Kier alpha value is -2.25. The van der Waals surface area contributed by atoms with Crippen molar-refractivity contribution in [1.29, 1.82) is 0 Å². The molecule has 2 aromatic heterocycles. The van der Waals surface area contributed by atoms with Crippen LogP contribution in [0.4, 0.5) is 4.39 Å². The number of amides is 1. The molecule has 0 aliphatic heterocycles. The number of hydrogen-bond acceptors (Lipinski definition) is 4. The molecule has 3 aromatic rings. The molecule has 5 nitrogen and oxygen atoms in total. The quantitative estimate of drug-likeness (QED) is 0.653. The van der Waals surface area contributed by atoms with Gasteiger partial charge in [-0.2, -0.15) is 0 Å². The molecule has 0 aliphatic carbocycles. The number of benzene rings is 1. The van der Waals surface area contributed by atoms with Crippen LogP contribution in [0.1, 0.15) is 28.7 Å². The maximum atomic E-state index is 13.0. The number of nitrogens with zero attached hydrogens (tertiary/aromatic N) is 2. The molecule has 1 amide bonds. The van der Waals surface area contributed by atoms with Gasteiger partial charge in [0.1, 0.15) is 10.7 Å². The zero-order valence-electron chi connectivity index (χ0n) is 14.2. The van der Waals surface area contributed by atoms with Gasteiger partial charge in [0, 0.05) is 37.2 Å². The second kappa shape index (κ2) is 7.76. The first-order valence-corrected chi connectivity index (χ1v) is 9.02. The Morgan fingerprint density at radius 3 is 2.80 bits per heavy atom. The molecule has 1 N–H and O–H groups in total. The van der Waals surface area contributed by atoms with Crippen LogP contribution in [0, 0.1) is 12.7 Å². The first-order chi connectivity index (χ1) is 12.1. The molecular formula is C18H20FN3O2S. The molecule has 0 bridgehead atoms. The molecule has 25 heavy (non-hydrogen) atoms. The van der Waals surface area contributed by atoms with Crippen LogP contribution in [0.3, 0.4) is 0 Å². The van der Waals surface area contributed by atoms with Gasteiger partial charge in [-0.25, -0.2) is 9.37 Å². The molecule has 0 saturated heterocycles. The number of nitrogens with one attached hydrogen (secondary N) is 1. The molecule has 1 aromatic carbocycles.